The molecule has 0 aromatic heterocycles. The second-order valence-corrected chi connectivity index (χ2v) is 2.19. The average Bonchev–Trinajstić information content (AvgIpc) is 1.88. The molecule has 1 rings (SSSR count). The summed E-state index contributed by atoms with van der Waals surface area (Å²) in [5.74, 6) is 0. The molecule has 0 amide bonds. The molecular weight excluding hydrogens is 118 g/mol. The van der Waals surface area contributed by atoms with Crippen molar-refractivity contribution in [2.75, 3.05) is 27.2 Å². The van der Waals surface area contributed by atoms with Crippen LogP contribution in [0.5, 0.6) is 0 Å². The molecule has 0 aromatic rings. The van der Waals surface area contributed by atoms with E-state index in [1.165, 1.54) is 0 Å². The first-order valence-electron chi connectivity index (χ1n) is 3.01. The average molecular weight is 130 g/mol. The van der Waals surface area contributed by atoms with Gasteiger partial charge >= 0.3 is 0 Å². The van der Waals surface area contributed by atoms with Crippen LogP contribution in [0.3, 0.4) is 0 Å². The Kier molecular flexibility index (Phi) is 2.45. The Bertz CT molecular complexity index is 87.1. The molecule has 1 aliphatic rings. The van der Waals surface area contributed by atoms with Crippen LogP contribution in [0, 0.1) is 6.61 Å². The lowest BCUT2D eigenvalue weighted by Crippen LogP contribution is -2.38. The zero-order chi connectivity index (χ0) is 6.69. The highest BCUT2D eigenvalue weighted by atomic mass is 16.7. The van der Waals surface area contributed by atoms with E-state index in [1.807, 2.05) is 7.05 Å². The van der Waals surface area contributed by atoms with Crippen LogP contribution in [-0.4, -0.2) is 38.4 Å². The van der Waals surface area contributed by atoms with Gasteiger partial charge in [0.1, 0.15) is 6.61 Å². The Balaban J connectivity index is 2.23. The van der Waals surface area contributed by atoms with E-state index in [9.17, 15) is 0 Å². The van der Waals surface area contributed by atoms with Crippen molar-refractivity contribution in [3.8, 4) is 0 Å². The van der Waals surface area contributed by atoms with E-state index in [1.54, 1.807) is 13.7 Å². The molecule has 1 unspecified atom stereocenters. The summed E-state index contributed by atoms with van der Waals surface area (Å²) in [6, 6.07) is 0. The molecule has 1 fully saturated rings. The van der Waals surface area contributed by atoms with Crippen molar-refractivity contribution in [3.63, 3.8) is 0 Å². The van der Waals surface area contributed by atoms with E-state index in [0.717, 1.165) is 13.1 Å². The maximum atomic E-state index is 5.11. The number of rotatable bonds is 1. The van der Waals surface area contributed by atoms with Crippen molar-refractivity contribution in [1.82, 2.24) is 4.90 Å². The molecule has 1 radical (unpaired) electrons. The van der Waals surface area contributed by atoms with Crippen LogP contribution in [0.15, 0.2) is 0 Å². The Morgan fingerprint density at radius 1 is 1.78 bits per heavy atom. The first-order chi connectivity index (χ1) is 4.33. The highest BCUT2D eigenvalue weighted by molar-refractivity contribution is 4.67. The summed E-state index contributed by atoms with van der Waals surface area (Å²) in [5, 5.41) is 0. The van der Waals surface area contributed by atoms with Crippen molar-refractivity contribution >= 4 is 0 Å². The number of ether oxygens (including phenoxy) is 2. The monoisotopic (exact) mass is 130 g/mol. The summed E-state index contributed by atoms with van der Waals surface area (Å²) in [7, 11) is 3.68. The summed E-state index contributed by atoms with van der Waals surface area (Å²) in [5.41, 5.74) is 0. The zero-order valence-corrected chi connectivity index (χ0v) is 5.83. The second-order valence-electron chi connectivity index (χ2n) is 2.19. The molecule has 3 nitrogen and oxygen atoms in total. The van der Waals surface area contributed by atoms with Crippen LogP contribution in [-0.2, 0) is 9.47 Å². The standard InChI is InChI=1S/C6H12NO2/c1-7-3-4-9-6(5-7)8-2/h4,6H,3,5H2,1-2H3. The van der Waals surface area contributed by atoms with Gasteiger partial charge in [-0.1, -0.05) is 0 Å². The van der Waals surface area contributed by atoms with Crippen LogP contribution in [0.1, 0.15) is 0 Å². The molecule has 9 heavy (non-hydrogen) atoms. The van der Waals surface area contributed by atoms with Gasteiger partial charge in [0, 0.05) is 20.2 Å². The Hall–Kier alpha value is -0.120. The van der Waals surface area contributed by atoms with Gasteiger partial charge in [-0.25, -0.2) is 0 Å². The van der Waals surface area contributed by atoms with Gasteiger partial charge in [0.05, 0.1) is 0 Å². The van der Waals surface area contributed by atoms with Crippen LogP contribution >= 0.6 is 0 Å². The first-order valence-corrected chi connectivity index (χ1v) is 3.01. The van der Waals surface area contributed by atoms with E-state index in [4.69, 9.17) is 9.47 Å². The SMILES string of the molecule is COC1CN(C)C[CH]O1. The van der Waals surface area contributed by atoms with Crippen LogP contribution in [0.25, 0.3) is 0 Å². The third-order valence-electron chi connectivity index (χ3n) is 1.36. The fourth-order valence-electron chi connectivity index (χ4n) is 0.780. The van der Waals surface area contributed by atoms with Crippen molar-refractivity contribution in [2.24, 2.45) is 0 Å². The fraction of sp³-hybridized carbons (Fsp3) is 0.833. The highest BCUT2D eigenvalue weighted by Gasteiger charge is 2.16. The number of hydrogen-bond donors (Lipinski definition) is 0. The lowest BCUT2D eigenvalue weighted by molar-refractivity contribution is -0.135. The molecule has 0 aromatic carbocycles. The van der Waals surface area contributed by atoms with Crippen LogP contribution < -0.4 is 0 Å². The molecule has 0 bridgehead atoms. The number of nitrogens with zero attached hydrogens (tertiary/aromatic N) is 1. The molecule has 1 atom stereocenters. The van der Waals surface area contributed by atoms with Crippen molar-refractivity contribution in [3.05, 3.63) is 6.61 Å². The highest BCUT2D eigenvalue weighted by Crippen LogP contribution is 2.05. The van der Waals surface area contributed by atoms with Gasteiger partial charge in [-0.05, 0) is 7.05 Å². The normalized spacial score (nSPS) is 30.7. The second kappa shape index (κ2) is 3.15. The first kappa shape index (κ1) is 6.99. The van der Waals surface area contributed by atoms with E-state index < -0.39 is 0 Å². The van der Waals surface area contributed by atoms with E-state index in [0.29, 0.717) is 0 Å². The predicted octanol–water partition coefficient (Wildman–Crippen LogP) is 0.0827. The molecule has 1 aliphatic heterocycles. The van der Waals surface area contributed by atoms with Crippen molar-refractivity contribution in [1.29, 1.82) is 0 Å². The van der Waals surface area contributed by atoms with Gasteiger partial charge in [0.15, 0.2) is 6.29 Å². The summed E-state index contributed by atoms with van der Waals surface area (Å²) in [4.78, 5) is 2.14. The zero-order valence-electron chi connectivity index (χ0n) is 5.83. The molecule has 1 heterocycles. The lowest BCUT2D eigenvalue weighted by atomic mass is 10.4. The number of methoxy groups -OCH3 is 1. The topological polar surface area (TPSA) is 21.7 Å². The third-order valence-corrected chi connectivity index (χ3v) is 1.36. The minimum absolute atomic E-state index is 0.0660. The van der Waals surface area contributed by atoms with Crippen LogP contribution in [0.4, 0.5) is 0 Å². The summed E-state index contributed by atoms with van der Waals surface area (Å²) in [6.07, 6.45) is -0.0660. The molecule has 3 heteroatoms. The van der Waals surface area contributed by atoms with Gasteiger partial charge in [0.25, 0.3) is 0 Å². The van der Waals surface area contributed by atoms with E-state index in [2.05, 4.69) is 4.90 Å². The Labute approximate surface area is 55.5 Å². The summed E-state index contributed by atoms with van der Waals surface area (Å²) >= 11 is 0. The maximum absolute atomic E-state index is 5.11. The molecule has 0 spiro atoms. The Morgan fingerprint density at radius 3 is 3.00 bits per heavy atom. The molecule has 1 saturated heterocycles. The smallest absolute Gasteiger partial charge is 0.170 e. The quantitative estimate of drug-likeness (QED) is 0.502. The van der Waals surface area contributed by atoms with Gasteiger partial charge in [-0.2, -0.15) is 0 Å². The van der Waals surface area contributed by atoms with Gasteiger partial charge < -0.3 is 9.47 Å². The molecule has 53 valence electrons. The minimum atomic E-state index is -0.0660. The largest absolute Gasteiger partial charge is 0.355 e. The van der Waals surface area contributed by atoms with Crippen molar-refractivity contribution in [2.45, 2.75) is 6.29 Å². The summed E-state index contributed by atoms with van der Waals surface area (Å²) in [6.45, 7) is 3.50. The number of hydrogen-bond acceptors (Lipinski definition) is 3. The van der Waals surface area contributed by atoms with Crippen molar-refractivity contribution < 1.29 is 9.47 Å². The number of morpholine rings is 1. The molecule has 0 aliphatic carbocycles. The Morgan fingerprint density at radius 2 is 2.56 bits per heavy atom. The van der Waals surface area contributed by atoms with Gasteiger partial charge in [-0.15, -0.1) is 0 Å². The lowest BCUT2D eigenvalue weighted by Gasteiger charge is -2.28. The molecule has 0 saturated carbocycles. The van der Waals surface area contributed by atoms with Gasteiger partial charge in [0.2, 0.25) is 0 Å². The van der Waals surface area contributed by atoms with Gasteiger partial charge in [-0.3, -0.25) is 4.90 Å². The predicted molar refractivity (Wildman–Crippen MR) is 33.7 cm³/mol. The minimum Gasteiger partial charge on any atom is -0.355 e. The van der Waals surface area contributed by atoms with E-state index in [-0.39, 0.29) is 6.29 Å². The third kappa shape index (κ3) is 1.93. The molecular formula is C6H12NO2. The number of likely N-dealkylation sites (N-methyl/N-ethyl adjacent to an activating group) is 1. The van der Waals surface area contributed by atoms with Crippen LogP contribution in [0.2, 0.25) is 0 Å². The molecule has 0 N–H and O–H groups in total. The summed E-state index contributed by atoms with van der Waals surface area (Å²) < 4.78 is 10.1. The fourth-order valence-corrected chi connectivity index (χ4v) is 0.780. The van der Waals surface area contributed by atoms with E-state index >= 15 is 0 Å². The maximum Gasteiger partial charge on any atom is 0.170 e.